The first kappa shape index (κ1) is 6.96. The first-order valence-corrected chi connectivity index (χ1v) is 2.97. The van der Waals surface area contributed by atoms with Gasteiger partial charge in [0.1, 0.15) is 0 Å². The van der Waals surface area contributed by atoms with Crippen molar-refractivity contribution in [2.75, 3.05) is 6.61 Å². The van der Waals surface area contributed by atoms with Crippen LogP contribution in [0.5, 0.6) is 0 Å². The molecule has 0 saturated heterocycles. The molecule has 2 heteroatoms. The quantitative estimate of drug-likeness (QED) is 0.536. The summed E-state index contributed by atoms with van der Waals surface area (Å²) in [5.41, 5.74) is 1.16. The maximum Gasteiger partial charge on any atom is 0.185 e. The van der Waals surface area contributed by atoms with Crippen molar-refractivity contribution in [3.05, 3.63) is 36.0 Å². The number of aliphatic hydroxyl groups is 1. The summed E-state index contributed by atoms with van der Waals surface area (Å²) in [5.74, 6) is -0.0859. The highest BCUT2D eigenvalue weighted by atomic mass is 16.3. The molecule has 0 aromatic heterocycles. The zero-order chi connectivity index (χ0) is 7.56. The van der Waals surface area contributed by atoms with Crippen molar-refractivity contribution in [3.8, 4) is 0 Å². The smallest absolute Gasteiger partial charge is 0.185 e. The monoisotopic (exact) mass is 136 g/mol. The summed E-state index contributed by atoms with van der Waals surface area (Å²) in [6, 6.07) is 0. The molecule has 0 unspecified atom stereocenters. The molecule has 0 aromatic rings. The van der Waals surface area contributed by atoms with Crippen LogP contribution in [0.2, 0.25) is 0 Å². The Hall–Kier alpha value is -1.15. The normalized spacial score (nSPS) is 17.5. The van der Waals surface area contributed by atoms with Gasteiger partial charge in [-0.2, -0.15) is 0 Å². The van der Waals surface area contributed by atoms with E-state index in [4.69, 9.17) is 5.11 Å². The van der Waals surface area contributed by atoms with Crippen LogP contribution in [0, 0.1) is 0 Å². The lowest BCUT2D eigenvalue weighted by atomic mass is 10.0. The summed E-state index contributed by atoms with van der Waals surface area (Å²) in [6.07, 6.45) is 4.59. The molecule has 1 N–H and O–H groups in total. The van der Waals surface area contributed by atoms with Gasteiger partial charge in [-0.15, -0.1) is 0 Å². The molecule has 0 amide bonds. The Morgan fingerprint density at radius 3 is 2.70 bits per heavy atom. The summed E-state index contributed by atoms with van der Waals surface area (Å²) in [6.45, 7) is 3.47. The Morgan fingerprint density at radius 1 is 1.50 bits per heavy atom. The third kappa shape index (κ3) is 1.22. The molecule has 0 fully saturated rings. The van der Waals surface area contributed by atoms with Crippen LogP contribution in [-0.4, -0.2) is 17.5 Å². The Kier molecular flexibility index (Phi) is 1.83. The number of carbonyl (C=O) groups excluding carboxylic acids is 1. The second-order valence-corrected chi connectivity index (χ2v) is 2.10. The summed E-state index contributed by atoms with van der Waals surface area (Å²) in [5, 5.41) is 8.62. The van der Waals surface area contributed by atoms with Gasteiger partial charge < -0.3 is 5.11 Å². The highest BCUT2D eigenvalue weighted by molar-refractivity contribution is 6.07. The van der Waals surface area contributed by atoms with Crippen LogP contribution in [0.4, 0.5) is 0 Å². The van der Waals surface area contributed by atoms with E-state index in [0.717, 1.165) is 5.57 Å². The highest BCUT2D eigenvalue weighted by Gasteiger charge is 2.05. The van der Waals surface area contributed by atoms with E-state index < -0.39 is 0 Å². The van der Waals surface area contributed by atoms with Gasteiger partial charge in [-0.25, -0.2) is 0 Å². The summed E-state index contributed by atoms with van der Waals surface area (Å²) in [4.78, 5) is 10.7. The largest absolute Gasteiger partial charge is 0.392 e. The van der Waals surface area contributed by atoms with Gasteiger partial charge in [0.05, 0.1) is 6.61 Å². The summed E-state index contributed by atoms with van der Waals surface area (Å²) >= 11 is 0. The molecule has 0 atom stereocenters. The van der Waals surface area contributed by atoms with Gasteiger partial charge >= 0.3 is 0 Å². The predicted molar refractivity (Wildman–Crippen MR) is 38.5 cm³/mol. The molecule has 52 valence electrons. The number of rotatable bonds is 1. The fourth-order valence-corrected chi connectivity index (χ4v) is 0.731. The maximum atomic E-state index is 10.7. The molecule has 0 aliphatic heterocycles. The van der Waals surface area contributed by atoms with Crippen molar-refractivity contribution < 1.29 is 9.90 Å². The molecule has 10 heavy (non-hydrogen) atoms. The van der Waals surface area contributed by atoms with Gasteiger partial charge in [0.2, 0.25) is 0 Å². The number of hydrogen-bond acceptors (Lipinski definition) is 2. The van der Waals surface area contributed by atoms with Crippen molar-refractivity contribution >= 4 is 5.78 Å². The Morgan fingerprint density at radius 2 is 2.20 bits per heavy atom. The Bertz CT molecular complexity index is 234. The molecule has 0 heterocycles. The molecular formula is C8H8O2. The first-order valence-electron chi connectivity index (χ1n) is 2.97. The minimum atomic E-state index is -0.0859. The molecule has 0 saturated carbocycles. The summed E-state index contributed by atoms with van der Waals surface area (Å²) < 4.78 is 0. The van der Waals surface area contributed by atoms with Gasteiger partial charge in [0.15, 0.2) is 5.78 Å². The van der Waals surface area contributed by atoms with Crippen LogP contribution in [0.15, 0.2) is 36.0 Å². The van der Waals surface area contributed by atoms with Crippen LogP contribution >= 0.6 is 0 Å². The Balaban J connectivity index is 2.86. The van der Waals surface area contributed by atoms with Crippen molar-refractivity contribution in [2.45, 2.75) is 0 Å². The molecule has 0 spiro atoms. The zero-order valence-electron chi connectivity index (χ0n) is 5.50. The molecule has 0 bridgehead atoms. The van der Waals surface area contributed by atoms with E-state index in [0.29, 0.717) is 5.57 Å². The van der Waals surface area contributed by atoms with Crippen molar-refractivity contribution in [3.63, 3.8) is 0 Å². The van der Waals surface area contributed by atoms with Crippen LogP contribution < -0.4 is 0 Å². The standard InChI is InChI=1S/C8H8O2/c1-6-4-7(5-9)2-3-8(6)10/h2-4,9H,1,5H2. The molecule has 2 nitrogen and oxygen atoms in total. The zero-order valence-corrected chi connectivity index (χ0v) is 5.50. The second kappa shape index (κ2) is 2.62. The summed E-state index contributed by atoms with van der Waals surface area (Å²) in [7, 11) is 0. The lowest BCUT2D eigenvalue weighted by Crippen LogP contribution is -2.01. The van der Waals surface area contributed by atoms with Crippen LogP contribution in [0.3, 0.4) is 0 Å². The van der Waals surface area contributed by atoms with Gasteiger partial charge in [-0.3, -0.25) is 4.79 Å². The molecule has 0 radical (unpaired) electrons. The van der Waals surface area contributed by atoms with E-state index in [-0.39, 0.29) is 12.4 Å². The lowest BCUT2D eigenvalue weighted by Gasteiger charge is -2.03. The van der Waals surface area contributed by atoms with E-state index in [1.165, 1.54) is 6.08 Å². The molecule has 1 aliphatic carbocycles. The van der Waals surface area contributed by atoms with Gasteiger partial charge in [0.25, 0.3) is 0 Å². The van der Waals surface area contributed by atoms with E-state index in [1.807, 2.05) is 0 Å². The minimum absolute atomic E-state index is 0.0389. The number of ketones is 1. The number of carbonyl (C=O) groups is 1. The van der Waals surface area contributed by atoms with Gasteiger partial charge in [0, 0.05) is 5.57 Å². The van der Waals surface area contributed by atoms with Crippen LogP contribution in [0.1, 0.15) is 0 Å². The number of hydrogen-bond donors (Lipinski definition) is 1. The van der Waals surface area contributed by atoms with Gasteiger partial charge in [-0.1, -0.05) is 12.7 Å². The van der Waals surface area contributed by atoms with Crippen molar-refractivity contribution in [2.24, 2.45) is 0 Å². The number of allylic oxidation sites excluding steroid dienone is 3. The van der Waals surface area contributed by atoms with Crippen LogP contribution in [-0.2, 0) is 4.79 Å². The van der Waals surface area contributed by atoms with E-state index in [2.05, 4.69) is 6.58 Å². The topological polar surface area (TPSA) is 37.3 Å². The minimum Gasteiger partial charge on any atom is -0.392 e. The highest BCUT2D eigenvalue weighted by Crippen LogP contribution is 2.09. The van der Waals surface area contributed by atoms with E-state index in [1.54, 1.807) is 12.2 Å². The van der Waals surface area contributed by atoms with E-state index >= 15 is 0 Å². The third-order valence-corrected chi connectivity index (χ3v) is 1.31. The molecule has 1 aliphatic rings. The molecule has 1 rings (SSSR count). The van der Waals surface area contributed by atoms with Crippen molar-refractivity contribution in [1.82, 2.24) is 0 Å². The maximum absolute atomic E-state index is 10.7. The molecular weight excluding hydrogens is 128 g/mol. The average molecular weight is 136 g/mol. The lowest BCUT2D eigenvalue weighted by molar-refractivity contribution is -0.111. The van der Waals surface area contributed by atoms with E-state index in [9.17, 15) is 4.79 Å². The first-order chi connectivity index (χ1) is 4.74. The second-order valence-electron chi connectivity index (χ2n) is 2.10. The van der Waals surface area contributed by atoms with Crippen molar-refractivity contribution in [1.29, 1.82) is 0 Å². The third-order valence-electron chi connectivity index (χ3n) is 1.31. The average Bonchev–Trinajstić information content (AvgIpc) is 1.95. The number of aliphatic hydroxyl groups excluding tert-OH is 1. The van der Waals surface area contributed by atoms with Gasteiger partial charge in [-0.05, 0) is 17.7 Å². The SMILES string of the molecule is C=C1C=C(CO)C=CC1=O. The van der Waals surface area contributed by atoms with Crippen LogP contribution in [0.25, 0.3) is 0 Å². The Labute approximate surface area is 59.2 Å². The molecule has 0 aromatic carbocycles. The predicted octanol–water partition coefficient (Wildman–Crippen LogP) is 0.600. The fraction of sp³-hybridized carbons (Fsp3) is 0.125. The fourth-order valence-electron chi connectivity index (χ4n) is 0.731.